The Bertz CT molecular complexity index is 1700. The number of aliphatic hydroxyl groups excluding tert-OH is 1. The summed E-state index contributed by atoms with van der Waals surface area (Å²) in [7, 11) is -3.49. The van der Waals surface area contributed by atoms with E-state index < -0.39 is 45.2 Å². The van der Waals surface area contributed by atoms with Gasteiger partial charge in [-0.15, -0.1) is 0 Å². The van der Waals surface area contributed by atoms with Crippen LogP contribution in [-0.4, -0.2) is 141 Å². The van der Waals surface area contributed by atoms with Crippen molar-refractivity contribution in [3.05, 3.63) is 36.9 Å². The van der Waals surface area contributed by atoms with E-state index in [0.29, 0.717) is 45.1 Å². The maximum Gasteiger partial charge on any atom is 0.410 e. The largest absolute Gasteiger partial charge is 0.444 e. The van der Waals surface area contributed by atoms with Gasteiger partial charge in [0.2, 0.25) is 0 Å². The van der Waals surface area contributed by atoms with E-state index in [4.69, 9.17) is 18.4 Å². The highest BCUT2D eigenvalue weighted by atomic mass is 32.2. The second kappa shape index (κ2) is 23.5. The Morgan fingerprint density at radius 2 is 0.984 bits per heavy atom. The Morgan fingerprint density at radius 1 is 0.574 bits per heavy atom. The number of hydrogen-bond acceptors (Lipinski definition) is 12. The number of aromatic nitrogens is 4. The number of aliphatic hydroxyl groups is 1. The molecule has 1 saturated carbocycles. The normalized spacial score (nSPS) is 21.6. The van der Waals surface area contributed by atoms with Gasteiger partial charge in [0.25, 0.3) is 10.1 Å². The number of hydrogen-bond donors (Lipinski definition) is 1. The van der Waals surface area contributed by atoms with Gasteiger partial charge in [-0.1, -0.05) is 19.3 Å². The standard InChI is InChI=1S/C13H21N3O2.C11H21NO5S.C10H19NO3.C9H14N2/c1-13(2,3)18-12(17)15-8-4-6-11(10-15)16-9-5-7-14-16;1-11(2,3)16-10(13)12-7-5-6-9(8-12)17-18(4,14)15;1-10(2,3)14-9(13)11-6-4-5-8(12)7-11;1-2-5-9(6-3-1)11-8-4-7-10-11/h5,7,9,11H,4,6,8,10H2,1-3H3;9H,5-8H2,1-4H3;8,12H,4-7H2,1-3H3;4,7-9H,1-3,5-6H2. The van der Waals surface area contributed by atoms with Gasteiger partial charge >= 0.3 is 18.3 Å². The molecule has 4 fully saturated rings. The molecule has 18 heteroatoms. The summed E-state index contributed by atoms with van der Waals surface area (Å²) >= 11 is 0. The second-order valence-electron chi connectivity index (χ2n) is 19.2. The maximum atomic E-state index is 12.0. The van der Waals surface area contributed by atoms with Crippen molar-refractivity contribution in [3.63, 3.8) is 0 Å². The lowest BCUT2D eigenvalue weighted by Crippen LogP contribution is -2.45. The molecule has 4 aliphatic rings. The molecule has 0 bridgehead atoms. The minimum absolute atomic E-state index is 0.223. The Hall–Kier alpha value is -3.90. The molecule has 1 aliphatic carbocycles. The van der Waals surface area contributed by atoms with Crippen LogP contribution in [0.3, 0.4) is 0 Å². The summed E-state index contributed by atoms with van der Waals surface area (Å²) in [6, 6.07) is 4.88. The first-order valence-corrected chi connectivity index (χ1v) is 23.7. The minimum atomic E-state index is -3.49. The predicted octanol–water partition coefficient (Wildman–Crippen LogP) is 7.58. The van der Waals surface area contributed by atoms with Gasteiger partial charge in [0.1, 0.15) is 16.8 Å². The van der Waals surface area contributed by atoms with Crippen LogP contribution in [0.25, 0.3) is 0 Å². The van der Waals surface area contributed by atoms with Crippen LogP contribution in [-0.2, 0) is 28.5 Å². The first-order chi connectivity index (χ1) is 28.4. The first kappa shape index (κ1) is 51.5. The zero-order chi connectivity index (χ0) is 45.4. The van der Waals surface area contributed by atoms with Crippen molar-refractivity contribution in [2.75, 3.05) is 45.5 Å². The lowest BCUT2D eigenvalue weighted by atomic mass is 9.96. The molecule has 5 heterocycles. The molecule has 2 aromatic rings. The molecule has 0 spiro atoms. The minimum Gasteiger partial charge on any atom is -0.444 e. The molecule has 1 N–H and O–H groups in total. The maximum absolute atomic E-state index is 12.0. The highest BCUT2D eigenvalue weighted by Gasteiger charge is 2.31. The topological polar surface area (TPSA) is 188 Å². The van der Waals surface area contributed by atoms with Gasteiger partial charge in [-0.05, 0) is 126 Å². The van der Waals surface area contributed by atoms with E-state index in [-0.39, 0.29) is 24.8 Å². The molecule has 0 aromatic carbocycles. The summed E-state index contributed by atoms with van der Waals surface area (Å²) in [4.78, 5) is 40.2. The van der Waals surface area contributed by atoms with Crippen LogP contribution < -0.4 is 0 Å². The average Bonchev–Trinajstić information content (AvgIpc) is 3.90. The Labute approximate surface area is 364 Å². The van der Waals surface area contributed by atoms with Crippen molar-refractivity contribution in [2.24, 2.45) is 0 Å². The molecule has 3 saturated heterocycles. The third-order valence-electron chi connectivity index (χ3n) is 9.81. The van der Waals surface area contributed by atoms with Crippen LogP contribution in [0.5, 0.6) is 0 Å². The molecule has 3 unspecified atom stereocenters. The van der Waals surface area contributed by atoms with Gasteiger partial charge in [0.15, 0.2) is 0 Å². The molecule has 0 radical (unpaired) electrons. The summed E-state index contributed by atoms with van der Waals surface area (Å²) in [5.74, 6) is 0. The van der Waals surface area contributed by atoms with Crippen molar-refractivity contribution in [2.45, 2.75) is 174 Å². The van der Waals surface area contributed by atoms with Crippen LogP contribution in [0.1, 0.15) is 145 Å². The highest BCUT2D eigenvalue weighted by molar-refractivity contribution is 7.86. The zero-order valence-electron chi connectivity index (χ0n) is 38.5. The summed E-state index contributed by atoms with van der Waals surface area (Å²) in [5, 5.41) is 17.9. The lowest BCUT2D eigenvalue weighted by molar-refractivity contribution is 0.00382. The van der Waals surface area contributed by atoms with Gasteiger partial charge in [-0.25, -0.2) is 14.4 Å². The third-order valence-corrected chi connectivity index (χ3v) is 10.4. The molecule has 3 atom stereocenters. The van der Waals surface area contributed by atoms with Crippen LogP contribution in [0.15, 0.2) is 36.9 Å². The number of carbonyl (C=O) groups is 3. The molecule has 348 valence electrons. The van der Waals surface area contributed by atoms with Crippen LogP contribution in [0.4, 0.5) is 14.4 Å². The first-order valence-electron chi connectivity index (χ1n) is 21.9. The molecular weight excluding hydrogens is 807 g/mol. The number of rotatable bonds is 4. The zero-order valence-corrected chi connectivity index (χ0v) is 39.3. The fourth-order valence-corrected chi connectivity index (χ4v) is 7.86. The molecule has 17 nitrogen and oxygen atoms in total. The predicted molar refractivity (Wildman–Crippen MR) is 232 cm³/mol. The Balaban J connectivity index is 0.000000220. The van der Waals surface area contributed by atoms with E-state index >= 15 is 0 Å². The fraction of sp³-hybridized carbons (Fsp3) is 0.791. The second-order valence-corrected chi connectivity index (χ2v) is 20.8. The van der Waals surface area contributed by atoms with E-state index in [1.54, 1.807) is 36.8 Å². The van der Waals surface area contributed by atoms with E-state index in [2.05, 4.69) is 21.1 Å². The smallest absolute Gasteiger partial charge is 0.410 e. The van der Waals surface area contributed by atoms with Gasteiger partial charge in [0, 0.05) is 57.5 Å². The summed E-state index contributed by atoms with van der Waals surface area (Å²) in [6.45, 7) is 19.9. The average molecular weight is 882 g/mol. The Kier molecular flexibility index (Phi) is 19.8. The lowest BCUT2D eigenvalue weighted by Gasteiger charge is -2.34. The van der Waals surface area contributed by atoms with Crippen molar-refractivity contribution < 1.29 is 46.3 Å². The van der Waals surface area contributed by atoms with E-state index in [1.165, 1.54) is 37.0 Å². The molecule has 3 amide bonds. The number of amides is 3. The van der Waals surface area contributed by atoms with E-state index in [0.717, 1.165) is 38.5 Å². The number of piperidine rings is 3. The van der Waals surface area contributed by atoms with Gasteiger partial charge < -0.3 is 34.0 Å². The summed E-state index contributed by atoms with van der Waals surface area (Å²) in [5.41, 5.74) is -1.45. The summed E-state index contributed by atoms with van der Waals surface area (Å²) < 4.78 is 46.9. The van der Waals surface area contributed by atoms with Crippen molar-refractivity contribution in [1.29, 1.82) is 0 Å². The quantitative estimate of drug-likeness (QED) is 0.235. The highest BCUT2D eigenvalue weighted by Crippen LogP contribution is 2.27. The SMILES string of the molecule is CC(C)(C)OC(=O)N1CCCC(O)C1.CC(C)(C)OC(=O)N1CCCC(OS(C)(=O)=O)C1.CC(C)(C)OC(=O)N1CCCC(n2cccn2)C1.c1cnn(C2CCCCC2)c1. The van der Waals surface area contributed by atoms with Crippen molar-refractivity contribution in [1.82, 2.24) is 34.3 Å². The molecule has 61 heavy (non-hydrogen) atoms. The number of β-amino-alcohol motifs (C(OH)–C–C–N with tert-alkyl or cyclic N) is 1. The van der Waals surface area contributed by atoms with Crippen LogP contribution in [0.2, 0.25) is 0 Å². The van der Waals surface area contributed by atoms with Crippen LogP contribution in [0, 0.1) is 0 Å². The fourth-order valence-electron chi connectivity index (χ4n) is 7.21. The Morgan fingerprint density at radius 3 is 1.41 bits per heavy atom. The molecule has 2 aromatic heterocycles. The molecule has 6 rings (SSSR count). The molecular formula is C43H75N7O10S. The van der Waals surface area contributed by atoms with Gasteiger partial charge in [0.05, 0.1) is 37.1 Å². The number of nitrogens with zero attached hydrogens (tertiary/aromatic N) is 7. The third kappa shape index (κ3) is 21.2. The number of ether oxygens (including phenoxy) is 3. The van der Waals surface area contributed by atoms with E-state index in [9.17, 15) is 27.9 Å². The van der Waals surface area contributed by atoms with Gasteiger partial charge in [-0.2, -0.15) is 18.6 Å². The molecule has 3 aliphatic heterocycles. The van der Waals surface area contributed by atoms with Crippen LogP contribution >= 0.6 is 0 Å². The number of carbonyl (C=O) groups excluding carboxylic acids is 3. The van der Waals surface area contributed by atoms with Crippen molar-refractivity contribution in [3.8, 4) is 0 Å². The van der Waals surface area contributed by atoms with E-state index in [1.807, 2.05) is 70.8 Å². The van der Waals surface area contributed by atoms with Crippen molar-refractivity contribution >= 4 is 28.4 Å². The monoisotopic (exact) mass is 882 g/mol. The summed E-state index contributed by atoms with van der Waals surface area (Å²) in [6.07, 6.45) is 18.7. The van der Waals surface area contributed by atoms with Gasteiger partial charge in [-0.3, -0.25) is 13.5 Å². The number of likely N-dealkylation sites (tertiary alicyclic amines) is 3.